The minimum absolute atomic E-state index is 0.917. The maximum atomic E-state index is 5.55. The average Bonchev–Trinajstić information content (AvgIpc) is 2.46. The third-order valence-electron chi connectivity index (χ3n) is 2.79. The van der Waals surface area contributed by atoms with Gasteiger partial charge in [-0.1, -0.05) is 0 Å². The van der Waals surface area contributed by atoms with Crippen LogP contribution < -0.4 is 5.73 Å². The number of nitrogens with two attached hydrogens (primary N) is 1. The molecule has 0 saturated heterocycles. The van der Waals surface area contributed by atoms with Gasteiger partial charge >= 0.3 is 0 Å². The van der Waals surface area contributed by atoms with E-state index in [-0.39, 0.29) is 0 Å². The lowest BCUT2D eigenvalue weighted by Crippen LogP contribution is -2.13. The summed E-state index contributed by atoms with van der Waals surface area (Å²) in [4.78, 5) is 0. The topological polar surface area (TPSA) is 26.0 Å². The fourth-order valence-corrected chi connectivity index (χ4v) is 2.12. The first kappa shape index (κ1) is 4.80. The zero-order chi connectivity index (χ0) is 5.56. The van der Waals surface area contributed by atoms with Gasteiger partial charge in [0.15, 0.2) is 0 Å². The first-order valence-electron chi connectivity index (χ1n) is 3.62. The smallest absolute Gasteiger partial charge is 0.00461 e. The monoisotopic (exact) mass is 111 g/mol. The molecule has 0 bridgehead atoms. The Bertz CT molecular complexity index is 101. The van der Waals surface area contributed by atoms with Crippen molar-refractivity contribution in [2.75, 3.05) is 6.54 Å². The zero-order valence-electron chi connectivity index (χ0n) is 5.14. The molecule has 0 heterocycles. The molecule has 1 heteroatoms. The first-order valence-corrected chi connectivity index (χ1v) is 3.62. The van der Waals surface area contributed by atoms with Crippen molar-refractivity contribution < 1.29 is 0 Å². The van der Waals surface area contributed by atoms with Gasteiger partial charge in [-0.15, -0.1) is 0 Å². The van der Waals surface area contributed by atoms with E-state index >= 15 is 0 Å². The normalized spacial score (nSPS) is 51.4. The number of hydrogen-bond donors (Lipinski definition) is 1. The summed E-state index contributed by atoms with van der Waals surface area (Å²) in [6.45, 7) is 0.946. The van der Waals surface area contributed by atoms with Crippen molar-refractivity contribution in [3.05, 3.63) is 0 Å². The fourth-order valence-electron chi connectivity index (χ4n) is 2.12. The van der Waals surface area contributed by atoms with Crippen LogP contribution in [0.3, 0.4) is 0 Å². The molecule has 2 rings (SSSR count). The average molecular weight is 111 g/mol. The van der Waals surface area contributed by atoms with Crippen LogP contribution in [0.15, 0.2) is 0 Å². The quantitative estimate of drug-likeness (QED) is 0.536. The Labute approximate surface area is 50.3 Å². The largest absolute Gasteiger partial charge is 0.330 e. The number of rotatable bonds is 1. The molecule has 0 aromatic carbocycles. The van der Waals surface area contributed by atoms with Crippen LogP contribution in [-0.2, 0) is 0 Å². The molecule has 2 N–H and O–H groups in total. The molecule has 0 spiro atoms. The van der Waals surface area contributed by atoms with Crippen molar-refractivity contribution in [1.82, 2.24) is 0 Å². The number of fused-ring (bicyclic) bond motifs is 1. The van der Waals surface area contributed by atoms with Crippen LogP contribution in [0.1, 0.15) is 19.3 Å². The maximum absolute atomic E-state index is 5.55. The molecule has 8 heavy (non-hydrogen) atoms. The molecule has 2 aliphatic carbocycles. The van der Waals surface area contributed by atoms with Gasteiger partial charge in [0.25, 0.3) is 0 Å². The predicted molar refractivity (Wildman–Crippen MR) is 33.4 cm³/mol. The highest BCUT2D eigenvalue weighted by atomic mass is 14.6. The molecule has 2 aliphatic rings. The van der Waals surface area contributed by atoms with E-state index in [2.05, 4.69) is 0 Å². The van der Waals surface area contributed by atoms with E-state index in [0.29, 0.717) is 0 Å². The molecule has 0 aliphatic heterocycles. The van der Waals surface area contributed by atoms with Crippen molar-refractivity contribution >= 4 is 0 Å². The highest BCUT2D eigenvalue weighted by Crippen LogP contribution is 2.54. The molecule has 2 saturated carbocycles. The molecule has 0 amide bonds. The molecular formula is C7H13N. The predicted octanol–water partition coefficient (Wildman–Crippen LogP) is 0.991. The molecule has 0 radical (unpaired) electrons. The van der Waals surface area contributed by atoms with Gasteiger partial charge in [-0.2, -0.15) is 0 Å². The lowest BCUT2D eigenvalue weighted by atomic mass is 10.0. The standard InChI is InChI=1S/C7H13N/c8-4-6-2-1-5-3-7(5)6/h5-7H,1-4,8H2. The van der Waals surface area contributed by atoms with Gasteiger partial charge in [0.2, 0.25) is 0 Å². The van der Waals surface area contributed by atoms with Crippen molar-refractivity contribution in [3.63, 3.8) is 0 Å². The summed E-state index contributed by atoms with van der Waals surface area (Å²) in [7, 11) is 0. The van der Waals surface area contributed by atoms with E-state index in [1.165, 1.54) is 19.3 Å². The minimum atomic E-state index is 0.917. The minimum Gasteiger partial charge on any atom is -0.330 e. The summed E-state index contributed by atoms with van der Waals surface area (Å²) in [6, 6.07) is 0. The summed E-state index contributed by atoms with van der Waals surface area (Å²) in [6.07, 6.45) is 4.40. The highest BCUT2D eigenvalue weighted by molar-refractivity contribution is 4.97. The molecule has 46 valence electrons. The second-order valence-corrected chi connectivity index (χ2v) is 3.23. The molecular weight excluding hydrogens is 98.1 g/mol. The Morgan fingerprint density at radius 3 is 2.50 bits per heavy atom. The Balaban J connectivity index is 1.97. The fraction of sp³-hybridized carbons (Fsp3) is 1.00. The second-order valence-electron chi connectivity index (χ2n) is 3.23. The van der Waals surface area contributed by atoms with E-state index in [0.717, 1.165) is 24.3 Å². The van der Waals surface area contributed by atoms with Crippen LogP contribution in [-0.4, -0.2) is 6.54 Å². The zero-order valence-corrected chi connectivity index (χ0v) is 5.14. The highest BCUT2D eigenvalue weighted by Gasteiger charge is 2.46. The summed E-state index contributed by atoms with van der Waals surface area (Å²) < 4.78 is 0. The summed E-state index contributed by atoms with van der Waals surface area (Å²) in [5, 5.41) is 0. The first-order chi connectivity index (χ1) is 3.92. The van der Waals surface area contributed by atoms with Crippen molar-refractivity contribution in [3.8, 4) is 0 Å². The van der Waals surface area contributed by atoms with E-state index in [1.54, 1.807) is 0 Å². The van der Waals surface area contributed by atoms with E-state index in [9.17, 15) is 0 Å². The van der Waals surface area contributed by atoms with Crippen molar-refractivity contribution in [2.24, 2.45) is 23.5 Å². The van der Waals surface area contributed by atoms with Crippen LogP contribution in [0.5, 0.6) is 0 Å². The lowest BCUT2D eigenvalue weighted by Gasteiger charge is -2.04. The van der Waals surface area contributed by atoms with Gasteiger partial charge in [-0.25, -0.2) is 0 Å². The van der Waals surface area contributed by atoms with Crippen molar-refractivity contribution in [1.29, 1.82) is 0 Å². The molecule has 3 atom stereocenters. The SMILES string of the molecule is NCC1CCC2CC12. The Morgan fingerprint density at radius 1 is 1.38 bits per heavy atom. The third-order valence-corrected chi connectivity index (χ3v) is 2.79. The van der Waals surface area contributed by atoms with Gasteiger partial charge in [0.1, 0.15) is 0 Å². The van der Waals surface area contributed by atoms with Gasteiger partial charge < -0.3 is 5.73 Å². The maximum Gasteiger partial charge on any atom is -0.00461 e. The lowest BCUT2D eigenvalue weighted by molar-refractivity contribution is 0.492. The molecule has 0 aromatic rings. The summed E-state index contributed by atoms with van der Waals surface area (Å²) in [5.74, 6) is 3.10. The molecule has 0 aromatic heterocycles. The molecule has 3 unspecified atom stereocenters. The van der Waals surface area contributed by atoms with Crippen LogP contribution >= 0.6 is 0 Å². The summed E-state index contributed by atoms with van der Waals surface area (Å²) in [5.41, 5.74) is 5.55. The van der Waals surface area contributed by atoms with Crippen LogP contribution in [0.2, 0.25) is 0 Å². The van der Waals surface area contributed by atoms with Crippen molar-refractivity contribution in [2.45, 2.75) is 19.3 Å². The Hall–Kier alpha value is -0.0400. The molecule has 2 fully saturated rings. The van der Waals surface area contributed by atoms with Gasteiger partial charge in [-0.05, 0) is 43.6 Å². The van der Waals surface area contributed by atoms with E-state index < -0.39 is 0 Å². The van der Waals surface area contributed by atoms with E-state index in [1.807, 2.05) is 0 Å². The Morgan fingerprint density at radius 2 is 2.25 bits per heavy atom. The van der Waals surface area contributed by atoms with Gasteiger partial charge in [0.05, 0.1) is 0 Å². The van der Waals surface area contributed by atoms with Crippen LogP contribution in [0.25, 0.3) is 0 Å². The van der Waals surface area contributed by atoms with E-state index in [4.69, 9.17) is 5.73 Å². The Kier molecular flexibility index (Phi) is 0.884. The second kappa shape index (κ2) is 1.47. The molecule has 1 nitrogen and oxygen atoms in total. The summed E-state index contributed by atoms with van der Waals surface area (Å²) >= 11 is 0. The van der Waals surface area contributed by atoms with Gasteiger partial charge in [-0.3, -0.25) is 0 Å². The number of hydrogen-bond acceptors (Lipinski definition) is 1. The van der Waals surface area contributed by atoms with Crippen LogP contribution in [0, 0.1) is 17.8 Å². The third kappa shape index (κ3) is 0.510. The van der Waals surface area contributed by atoms with Gasteiger partial charge in [0, 0.05) is 0 Å². The van der Waals surface area contributed by atoms with Crippen LogP contribution in [0.4, 0.5) is 0 Å².